The second kappa shape index (κ2) is 6.60. The van der Waals surface area contributed by atoms with E-state index in [1.54, 1.807) is 6.20 Å². The smallest absolute Gasteiger partial charge is 0.226 e. The summed E-state index contributed by atoms with van der Waals surface area (Å²) >= 11 is 0. The van der Waals surface area contributed by atoms with Gasteiger partial charge in [-0.25, -0.2) is 13.4 Å². The molecule has 0 aromatic carbocycles. The highest BCUT2D eigenvalue weighted by atomic mass is 32.2. The average molecular weight is 339 g/mol. The first-order chi connectivity index (χ1) is 11.0. The minimum atomic E-state index is -2.97. The lowest BCUT2D eigenvalue weighted by molar-refractivity contribution is 0.422. The number of hydrogen-bond acceptors (Lipinski definition) is 7. The monoisotopic (exact) mass is 339 g/mol. The van der Waals surface area contributed by atoms with Crippen LogP contribution in [0.5, 0.6) is 0 Å². The molecular formula is C15H25N5O2S. The third-order valence-corrected chi connectivity index (χ3v) is 6.31. The number of unbranched alkanes of at least 4 members (excludes halogenated alkanes) is 1. The Morgan fingerprint density at radius 3 is 3.04 bits per heavy atom. The number of hydrogen-bond donors (Lipinski definition) is 1. The molecule has 8 heteroatoms. The van der Waals surface area contributed by atoms with Gasteiger partial charge in [-0.15, -0.1) is 0 Å². The van der Waals surface area contributed by atoms with Crippen LogP contribution in [-0.4, -0.2) is 68.7 Å². The number of fused-ring (bicyclic) bond motifs is 1. The Balaban J connectivity index is 1.81. The Hall–Kier alpha value is -1.41. The number of aromatic nitrogens is 2. The maximum absolute atomic E-state index is 12.0. The van der Waals surface area contributed by atoms with Gasteiger partial charge in [-0.2, -0.15) is 4.98 Å². The molecule has 1 N–H and O–H groups in total. The summed E-state index contributed by atoms with van der Waals surface area (Å²) in [5.41, 5.74) is 0. The fourth-order valence-corrected chi connectivity index (χ4v) is 5.29. The van der Waals surface area contributed by atoms with Gasteiger partial charge in [0.15, 0.2) is 9.84 Å². The molecule has 0 bridgehead atoms. The van der Waals surface area contributed by atoms with Crippen molar-refractivity contribution < 1.29 is 8.42 Å². The molecule has 0 spiro atoms. The molecule has 2 aliphatic rings. The van der Waals surface area contributed by atoms with Gasteiger partial charge in [0.2, 0.25) is 5.95 Å². The molecule has 0 amide bonds. The molecule has 0 radical (unpaired) electrons. The standard InChI is InChI=1S/C15H25N5O2S/c1-3-4-8-19(2)15-17-6-5-14(18-15)20-9-7-16-12-10-23(21,22)11-13(12)20/h5-6,12-13,16H,3-4,7-11H2,1-2H3/t12-,13+/m0/s1. The van der Waals surface area contributed by atoms with Crippen molar-refractivity contribution in [2.45, 2.75) is 31.8 Å². The molecule has 2 fully saturated rings. The fourth-order valence-electron chi connectivity index (χ4n) is 3.33. The Morgan fingerprint density at radius 1 is 1.43 bits per heavy atom. The van der Waals surface area contributed by atoms with Crippen LogP contribution in [0, 0.1) is 0 Å². The normalized spacial score (nSPS) is 26.1. The summed E-state index contributed by atoms with van der Waals surface area (Å²) in [7, 11) is -0.971. The van der Waals surface area contributed by atoms with Gasteiger partial charge >= 0.3 is 0 Å². The lowest BCUT2D eigenvalue weighted by Gasteiger charge is -2.38. The number of nitrogens with zero attached hydrogens (tertiary/aromatic N) is 4. The molecule has 0 saturated carbocycles. The van der Waals surface area contributed by atoms with Gasteiger partial charge in [0.05, 0.1) is 17.5 Å². The molecule has 7 nitrogen and oxygen atoms in total. The Bertz CT molecular complexity index is 651. The van der Waals surface area contributed by atoms with Crippen LogP contribution in [0.25, 0.3) is 0 Å². The molecule has 2 atom stereocenters. The van der Waals surface area contributed by atoms with Crippen molar-refractivity contribution in [1.29, 1.82) is 0 Å². The van der Waals surface area contributed by atoms with Gasteiger partial charge in [-0.05, 0) is 12.5 Å². The van der Waals surface area contributed by atoms with Crippen LogP contribution in [0.2, 0.25) is 0 Å². The minimum absolute atomic E-state index is 0.00462. The van der Waals surface area contributed by atoms with Crippen molar-refractivity contribution in [3.63, 3.8) is 0 Å². The maximum Gasteiger partial charge on any atom is 0.226 e. The topological polar surface area (TPSA) is 78.4 Å². The fraction of sp³-hybridized carbons (Fsp3) is 0.733. The lowest BCUT2D eigenvalue weighted by Crippen LogP contribution is -2.57. The van der Waals surface area contributed by atoms with Crippen LogP contribution in [0.3, 0.4) is 0 Å². The summed E-state index contributed by atoms with van der Waals surface area (Å²) in [6.07, 6.45) is 3.99. The first-order valence-electron chi connectivity index (χ1n) is 8.25. The Morgan fingerprint density at radius 2 is 2.26 bits per heavy atom. The van der Waals surface area contributed by atoms with Crippen LogP contribution in [0.1, 0.15) is 19.8 Å². The largest absolute Gasteiger partial charge is 0.350 e. The quantitative estimate of drug-likeness (QED) is 0.826. The van der Waals surface area contributed by atoms with Crippen LogP contribution in [0.4, 0.5) is 11.8 Å². The molecule has 0 unspecified atom stereocenters. The van der Waals surface area contributed by atoms with E-state index in [9.17, 15) is 8.42 Å². The van der Waals surface area contributed by atoms with Crippen LogP contribution < -0.4 is 15.1 Å². The van der Waals surface area contributed by atoms with E-state index in [0.717, 1.165) is 38.3 Å². The zero-order valence-electron chi connectivity index (χ0n) is 13.8. The minimum Gasteiger partial charge on any atom is -0.350 e. The summed E-state index contributed by atoms with van der Waals surface area (Å²) in [5, 5.41) is 3.33. The predicted octanol–water partition coefficient (Wildman–Crippen LogP) is 0.288. The number of nitrogens with one attached hydrogen (secondary N) is 1. The van der Waals surface area contributed by atoms with E-state index < -0.39 is 9.84 Å². The van der Waals surface area contributed by atoms with Crippen molar-refractivity contribution in [3.8, 4) is 0 Å². The van der Waals surface area contributed by atoms with E-state index in [0.29, 0.717) is 5.95 Å². The van der Waals surface area contributed by atoms with E-state index in [-0.39, 0.29) is 23.6 Å². The van der Waals surface area contributed by atoms with Gasteiger partial charge in [-0.1, -0.05) is 13.3 Å². The maximum atomic E-state index is 12.0. The molecule has 1 aromatic heterocycles. The van der Waals surface area contributed by atoms with Crippen molar-refractivity contribution in [2.75, 3.05) is 48.0 Å². The van der Waals surface area contributed by atoms with Gasteiger partial charge in [-0.3, -0.25) is 0 Å². The van der Waals surface area contributed by atoms with Crippen LogP contribution in [0.15, 0.2) is 12.3 Å². The Labute approximate surface area is 138 Å². The summed E-state index contributed by atoms with van der Waals surface area (Å²) in [6.45, 7) is 4.63. The molecule has 2 saturated heterocycles. The molecule has 0 aliphatic carbocycles. The van der Waals surface area contributed by atoms with Crippen LogP contribution >= 0.6 is 0 Å². The summed E-state index contributed by atoms with van der Waals surface area (Å²) < 4.78 is 23.9. The average Bonchev–Trinajstić information content (AvgIpc) is 2.86. The van der Waals surface area contributed by atoms with Gasteiger partial charge in [0.25, 0.3) is 0 Å². The SMILES string of the molecule is CCCCN(C)c1nccc(N2CCN[C@H]3CS(=O)(=O)C[C@H]32)n1. The molecule has 23 heavy (non-hydrogen) atoms. The molecule has 3 heterocycles. The molecule has 1 aromatic rings. The lowest BCUT2D eigenvalue weighted by atomic mass is 10.1. The van der Waals surface area contributed by atoms with Gasteiger partial charge < -0.3 is 15.1 Å². The third-order valence-electron chi connectivity index (χ3n) is 4.59. The molecular weight excluding hydrogens is 314 g/mol. The second-order valence-corrected chi connectivity index (χ2v) is 8.54. The van der Waals surface area contributed by atoms with Gasteiger partial charge in [0.1, 0.15) is 5.82 Å². The Kier molecular flexibility index (Phi) is 4.72. The molecule has 3 rings (SSSR count). The number of sulfone groups is 1. The zero-order chi connectivity index (χ0) is 16.4. The summed E-state index contributed by atoms with van der Waals surface area (Å²) in [6, 6.07) is 1.85. The number of piperazine rings is 1. The molecule has 128 valence electrons. The van der Waals surface area contributed by atoms with Crippen molar-refractivity contribution >= 4 is 21.6 Å². The first-order valence-corrected chi connectivity index (χ1v) is 10.1. The third kappa shape index (κ3) is 3.58. The molecule has 2 aliphatic heterocycles. The highest BCUT2D eigenvalue weighted by Gasteiger charge is 2.43. The second-order valence-electron chi connectivity index (χ2n) is 6.39. The zero-order valence-corrected chi connectivity index (χ0v) is 14.6. The van der Waals surface area contributed by atoms with Gasteiger partial charge in [0, 0.05) is 38.9 Å². The van der Waals surface area contributed by atoms with Crippen LogP contribution in [-0.2, 0) is 9.84 Å². The first kappa shape index (κ1) is 16.4. The highest BCUT2D eigenvalue weighted by molar-refractivity contribution is 7.91. The van der Waals surface area contributed by atoms with E-state index in [1.165, 1.54) is 0 Å². The van der Waals surface area contributed by atoms with E-state index in [1.807, 2.05) is 13.1 Å². The number of rotatable bonds is 5. The number of anilines is 2. The predicted molar refractivity (Wildman–Crippen MR) is 91.8 cm³/mol. The van der Waals surface area contributed by atoms with Crippen molar-refractivity contribution in [2.24, 2.45) is 0 Å². The highest BCUT2D eigenvalue weighted by Crippen LogP contribution is 2.26. The van der Waals surface area contributed by atoms with E-state index >= 15 is 0 Å². The van der Waals surface area contributed by atoms with E-state index in [4.69, 9.17) is 0 Å². The summed E-state index contributed by atoms with van der Waals surface area (Å²) in [4.78, 5) is 13.2. The summed E-state index contributed by atoms with van der Waals surface area (Å²) in [5.74, 6) is 1.96. The van der Waals surface area contributed by atoms with E-state index in [2.05, 4.69) is 32.0 Å². The van der Waals surface area contributed by atoms with Crippen molar-refractivity contribution in [3.05, 3.63) is 12.3 Å². The van der Waals surface area contributed by atoms with Crippen molar-refractivity contribution in [1.82, 2.24) is 15.3 Å².